The van der Waals surface area contributed by atoms with Gasteiger partial charge < -0.3 is 9.84 Å². The van der Waals surface area contributed by atoms with Crippen LogP contribution in [0.2, 0.25) is 0 Å². The Bertz CT molecular complexity index is 1220. The molecule has 1 N–H and O–H groups in total. The number of hydrogen-bond donors (Lipinski definition) is 1. The number of nitrogens with one attached hydrogen (secondary N) is 1. The Kier molecular flexibility index (Phi) is 6.16. The molecular formula is C25H27N5O2. The van der Waals surface area contributed by atoms with E-state index in [1.165, 1.54) is 5.56 Å². The first-order valence-corrected chi connectivity index (χ1v) is 10.8. The number of aromatic nitrogens is 4. The molecule has 1 amide bonds. The fourth-order valence-corrected chi connectivity index (χ4v) is 3.56. The van der Waals surface area contributed by atoms with Crippen molar-refractivity contribution in [2.24, 2.45) is 0 Å². The minimum absolute atomic E-state index is 0.125. The van der Waals surface area contributed by atoms with Crippen molar-refractivity contribution in [3.63, 3.8) is 0 Å². The molecule has 0 saturated heterocycles. The predicted octanol–water partition coefficient (Wildman–Crippen LogP) is 5.23. The van der Waals surface area contributed by atoms with Crippen LogP contribution in [0.5, 0.6) is 0 Å². The van der Waals surface area contributed by atoms with Gasteiger partial charge in [-0.1, -0.05) is 55.4 Å². The molecule has 2 aromatic heterocycles. The molecule has 0 aliphatic rings. The van der Waals surface area contributed by atoms with E-state index in [0.717, 1.165) is 22.6 Å². The first-order chi connectivity index (χ1) is 15.4. The Morgan fingerprint density at radius 2 is 1.84 bits per heavy atom. The maximum atomic E-state index is 12.6. The zero-order chi connectivity index (χ0) is 22.7. The minimum Gasteiger partial charge on any atom is -0.339 e. The van der Waals surface area contributed by atoms with Crippen LogP contribution in [0.4, 0.5) is 5.69 Å². The Balaban J connectivity index is 1.40. The fourth-order valence-electron chi connectivity index (χ4n) is 3.56. The summed E-state index contributed by atoms with van der Waals surface area (Å²) in [5.41, 5.74) is 5.62. The van der Waals surface area contributed by atoms with Crippen molar-refractivity contribution in [1.29, 1.82) is 0 Å². The molecule has 4 aromatic rings. The van der Waals surface area contributed by atoms with Crippen molar-refractivity contribution < 1.29 is 9.32 Å². The maximum absolute atomic E-state index is 12.6. The summed E-state index contributed by atoms with van der Waals surface area (Å²) in [6, 6.07) is 17.8. The molecule has 164 valence electrons. The Labute approximate surface area is 187 Å². The lowest BCUT2D eigenvalue weighted by Crippen LogP contribution is -2.15. The lowest BCUT2D eigenvalue weighted by molar-refractivity contribution is -0.116. The van der Waals surface area contributed by atoms with Crippen LogP contribution in [0, 0.1) is 13.8 Å². The van der Waals surface area contributed by atoms with E-state index in [1.54, 1.807) is 0 Å². The van der Waals surface area contributed by atoms with Gasteiger partial charge >= 0.3 is 0 Å². The lowest BCUT2D eigenvalue weighted by Gasteiger charge is -2.12. The summed E-state index contributed by atoms with van der Waals surface area (Å²) < 4.78 is 7.19. The smallest absolute Gasteiger partial charge is 0.227 e. The van der Waals surface area contributed by atoms with Gasteiger partial charge in [-0.2, -0.15) is 10.1 Å². The molecule has 0 saturated carbocycles. The van der Waals surface area contributed by atoms with E-state index < -0.39 is 0 Å². The monoisotopic (exact) mass is 429 g/mol. The van der Waals surface area contributed by atoms with E-state index in [0.29, 0.717) is 29.7 Å². The second-order valence-electron chi connectivity index (χ2n) is 8.19. The number of benzene rings is 2. The summed E-state index contributed by atoms with van der Waals surface area (Å²) in [6.07, 6.45) is 0.602. The largest absolute Gasteiger partial charge is 0.339 e. The zero-order valence-corrected chi connectivity index (χ0v) is 18.8. The van der Waals surface area contributed by atoms with E-state index in [-0.39, 0.29) is 12.3 Å². The molecule has 0 spiro atoms. The van der Waals surface area contributed by atoms with Gasteiger partial charge in [0.1, 0.15) is 0 Å². The third-order valence-corrected chi connectivity index (χ3v) is 5.29. The van der Waals surface area contributed by atoms with Gasteiger partial charge in [0.2, 0.25) is 17.6 Å². The molecule has 32 heavy (non-hydrogen) atoms. The van der Waals surface area contributed by atoms with Gasteiger partial charge in [0, 0.05) is 24.1 Å². The number of rotatable bonds is 7. The van der Waals surface area contributed by atoms with Gasteiger partial charge in [-0.05, 0) is 43.5 Å². The molecular weight excluding hydrogens is 402 g/mol. The van der Waals surface area contributed by atoms with E-state index in [2.05, 4.69) is 46.5 Å². The number of nitrogens with zero attached hydrogens (tertiary/aromatic N) is 4. The molecule has 2 aromatic carbocycles. The lowest BCUT2D eigenvalue weighted by atomic mass is 10.0. The average Bonchev–Trinajstić information content (AvgIpc) is 3.38. The van der Waals surface area contributed by atoms with Gasteiger partial charge in [0.05, 0.1) is 17.1 Å². The molecule has 7 heteroatoms. The summed E-state index contributed by atoms with van der Waals surface area (Å²) in [5, 5.41) is 11.6. The van der Waals surface area contributed by atoms with Crippen LogP contribution >= 0.6 is 0 Å². The number of hydrogen-bond acceptors (Lipinski definition) is 5. The van der Waals surface area contributed by atoms with Crippen LogP contribution in [-0.2, 0) is 11.2 Å². The highest BCUT2D eigenvalue weighted by Gasteiger charge is 2.14. The number of aryl methyl sites for hydroxylation is 3. The first kappa shape index (κ1) is 21.5. The fraction of sp³-hybridized carbons (Fsp3) is 0.280. The topological polar surface area (TPSA) is 85.8 Å². The second kappa shape index (κ2) is 9.18. The predicted molar refractivity (Wildman–Crippen MR) is 124 cm³/mol. The summed E-state index contributed by atoms with van der Waals surface area (Å²) >= 11 is 0. The Morgan fingerprint density at radius 3 is 2.53 bits per heavy atom. The number of para-hydroxylation sites is 2. The van der Waals surface area contributed by atoms with E-state index >= 15 is 0 Å². The second-order valence-corrected chi connectivity index (χ2v) is 8.19. The van der Waals surface area contributed by atoms with Gasteiger partial charge in [-0.15, -0.1) is 0 Å². The van der Waals surface area contributed by atoms with Crippen LogP contribution in [0.15, 0.2) is 59.1 Å². The molecule has 0 fully saturated rings. The quantitative estimate of drug-likeness (QED) is 0.434. The van der Waals surface area contributed by atoms with Crippen molar-refractivity contribution in [2.45, 2.75) is 46.5 Å². The van der Waals surface area contributed by atoms with Crippen LogP contribution in [0.1, 0.15) is 49.0 Å². The third kappa shape index (κ3) is 4.77. The van der Waals surface area contributed by atoms with Crippen LogP contribution < -0.4 is 5.32 Å². The van der Waals surface area contributed by atoms with Gasteiger partial charge in [-0.25, -0.2) is 4.68 Å². The van der Waals surface area contributed by atoms with Crippen molar-refractivity contribution >= 4 is 11.6 Å². The molecule has 0 aliphatic carbocycles. The normalized spacial score (nSPS) is 11.2. The number of amides is 1. The molecule has 7 nitrogen and oxygen atoms in total. The SMILES string of the molecule is Cc1cc(C)n(-c2ccccc2NC(=O)CCc2nc(-c3ccc(C(C)C)cc3)no2)n1. The first-order valence-electron chi connectivity index (χ1n) is 10.8. The van der Waals surface area contributed by atoms with Gasteiger partial charge in [0.25, 0.3) is 0 Å². The van der Waals surface area contributed by atoms with Gasteiger partial charge in [0.15, 0.2) is 0 Å². The third-order valence-electron chi connectivity index (χ3n) is 5.29. The van der Waals surface area contributed by atoms with Crippen molar-refractivity contribution in [3.05, 3.63) is 77.4 Å². The molecule has 4 rings (SSSR count). The molecule has 0 aliphatic heterocycles. The summed E-state index contributed by atoms with van der Waals surface area (Å²) in [6.45, 7) is 8.24. The maximum Gasteiger partial charge on any atom is 0.227 e. The van der Waals surface area contributed by atoms with E-state index in [4.69, 9.17) is 4.52 Å². The molecule has 0 radical (unpaired) electrons. The van der Waals surface area contributed by atoms with Crippen molar-refractivity contribution in [1.82, 2.24) is 19.9 Å². The highest BCUT2D eigenvalue weighted by atomic mass is 16.5. The molecule has 2 heterocycles. The van der Waals surface area contributed by atoms with Gasteiger partial charge in [-0.3, -0.25) is 4.79 Å². The Morgan fingerprint density at radius 1 is 1.09 bits per heavy atom. The highest BCUT2D eigenvalue weighted by molar-refractivity contribution is 5.92. The zero-order valence-electron chi connectivity index (χ0n) is 18.8. The highest BCUT2D eigenvalue weighted by Crippen LogP contribution is 2.23. The van der Waals surface area contributed by atoms with E-state index in [9.17, 15) is 4.79 Å². The standard InChI is InChI=1S/C25H27N5O2/c1-16(2)19-9-11-20(12-10-19)25-27-24(32-29-25)14-13-23(31)26-21-7-5-6-8-22(21)30-18(4)15-17(3)28-30/h5-12,15-16H,13-14H2,1-4H3,(H,26,31). The molecule has 0 unspecified atom stereocenters. The molecule has 0 bridgehead atoms. The van der Waals surface area contributed by atoms with Crippen LogP contribution in [0.3, 0.4) is 0 Å². The number of carbonyl (C=O) groups is 1. The van der Waals surface area contributed by atoms with E-state index in [1.807, 2.05) is 61.0 Å². The van der Waals surface area contributed by atoms with Crippen molar-refractivity contribution in [3.8, 4) is 17.1 Å². The number of carbonyl (C=O) groups excluding carboxylic acids is 1. The summed E-state index contributed by atoms with van der Waals surface area (Å²) in [7, 11) is 0. The average molecular weight is 430 g/mol. The Hall–Kier alpha value is -3.74. The molecule has 0 atom stereocenters. The summed E-state index contributed by atoms with van der Waals surface area (Å²) in [5.74, 6) is 1.32. The van der Waals surface area contributed by atoms with Crippen molar-refractivity contribution in [2.75, 3.05) is 5.32 Å². The number of anilines is 1. The van der Waals surface area contributed by atoms with Crippen LogP contribution in [-0.4, -0.2) is 25.8 Å². The summed E-state index contributed by atoms with van der Waals surface area (Å²) in [4.78, 5) is 17.0. The van der Waals surface area contributed by atoms with Crippen LogP contribution in [0.25, 0.3) is 17.1 Å². The minimum atomic E-state index is -0.125.